The van der Waals surface area contributed by atoms with E-state index in [0.29, 0.717) is 25.8 Å². The van der Waals surface area contributed by atoms with Gasteiger partial charge in [0.25, 0.3) is 0 Å². The van der Waals surface area contributed by atoms with Crippen molar-refractivity contribution in [3.8, 4) is 0 Å². The van der Waals surface area contributed by atoms with Gasteiger partial charge in [-0.05, 0) is 42.2 Å². The van der Waals surface area contributed by atoms with E-state index in [4.69, 9.17) is 0 Å². The van der Waals surface area contributed by atoms with Gasteiger partial charge in [0.05, 0.1) is 12.0 Å². The summed E-state index contributed by atoms with van der Waals surface area (Å²) < 4.78 is 1.65. The van der Waals surface area contributed by atoms with Crippen LogP contribution in [0, 0.1) is 12.3 Å². The van der Waals surface area contributed by atoms with Gasteiger partial charge < -0.3 is 5.11 Å². The molecule has 6 nitrogen and oxygen atoms in total. The van der Waals surface area contributed by atoms with Crippen molar-refractivity contribution in [2.24, 2.45) is 5.41 Å². The summed E-state index contributed by atoms with van der Waals surface area (Å²) in [6.45, 7) is 2.43. The van der Waals surface area contributed by atoms with Gasteiger partial charge in [-0.1, -0.05) is 29.8 Å². The first-order valence-corrected chi connectivity index (χ1v) is 7.13. The molecule has 1 aliphatic carbocycles. The van der Waals surface area contributed by atoms with Crippen molar-refractivity contribution in [3.05, 3.63) is 41.2 Å². The molecular weight excluding hydrogens is 268 g/mol. The second-order valence-corrected chi connectivity index (χ2v) is 5.82. The monoisotopic (exact) mass is 286 g/mol. The minimum Gasteiger partial charge on any atom is -0.481 e. The number of carbonyl (C=O) groups is 1. The molecule has 1 aliphatic rings. The molecule has 0 bridgehead atoms. The number of carboxylic acids is 1. The van der Waals surface area contributed by atoms with Gasteiger partial charge in [0.15, 0.2) is 5.82 Å². The molecular formula is C15H18N4O2. The van der Waals surface area contributed by atoms with Crippen molar-refractivity contribution >= 4 is 5.97 Å². The molecule has 21 heavy (non-hydrogen) atoms. The summed E-state index contributed by atoms with van der Waals surface area (Å²) >= 11 is 0. The molecule has 1 aromatic heterocycles. The molecule has 0 spiro atoms. The fourth-order valence-electron chi connectivity index (χ4n) is 2.41. The largest absolute Gasteiger partial charge is 0.481 e. The number of hydrogen-bond donors (Lipinski definition) is 1. The van der Waals surface area contributed by atoms with Crippen molar-refractivity contribution in [2.75, 3.05) is 0 Å². The number of rotatable bonds is 6. The molecule has 0 atom stereocenters. The van der Waals surface area contributed by atoms with E-state index >= 15 is 0 Å². The second-order valence-electron chi connectivity index (χ2n) is 5.82. The molecule has 3 rings (SSSR count). The van der Waals surface area contributed by atoms with Gasteiger partial charge in [0.1, 0.15) is 0 Å². The van der Waals surface area contributed by atoms with Crippen molar-refractivity contribution in [3.63, 3.8) is 0 Å². The van der Waals surface area contributed by atoms with E-state index in [1.165, 1.54) is 11.1 Å². The average Bonchev–Trinajstić information content (AvgIpc) is 3.12. The van der Waals surface area contributed by atoms with Crippen LogP contribution in [0.15, 0.2) is 24.3 Å². The molecule has 110 valence electrons. The summed E-state index contributed by atoms with van der Waals surface area (Å²) in [5, 5.41) is 20.9. The van der Waals surface area contributed by atoms with Crippen LogP contribution in [0.1, 0.15) is 29.8 Å². The lowest BCUT2D eigenvalue weighted by Crippen LogP contribution is -2.23. The SMILES string of the molecule is Cc1ccc(CCc2nnnn2CC2(C(=O)O)CC2)cc1. The van der Waals surface area contributed by atoms with Crippen molar-refractivity contribution in [1.82, 2.24) is 20.2 Å². The first kappa shape index (κ1) is 13.7. The van der Waals surface area contributed by atoms with Crippen LogP contribution in [0.2, 0.25) is 0 Å². The molecule has 2 aromatic rings. The number of benzene rings is 1. The Morgan fingerprint density at radius 1 is 1.29 bits per heavy atom. The molecule has 1 fully saturated rings. The first-order chi connectivity index (χ1) is 10.1. The van der Waals surface area contributed by atoms with E-state index in [9.17, 15) is 9.90 Å². The molecule has 0 saturated heterocycles. The number of aromatic nitrogens is 4. The lowest BCUT2D eigenvalue weighted by Gasteiger charge is -2.10. The average molecular weight is 286 g/mol. The lowest BCUT2D eigenvalue weighted by molar-refractivity contribution is -0.144. The maximum Gasteiger partial charge on any atom is 0.311 e. The summed E-state index contributed by atoms with van der Waals surface area (Å²) in [5.74, 6) is 0.00517. The van der Waals surface area contributed by atoms with Gasteiger partial charge in [-0.3, -0.25) is 4.79 Å². The number of hydrogen-bond acceptors (Lipinski definition) is 4. The smallest absolute Gasteiger partial charge is 0.311 e. The lowest BCUT2D eigenvalue weighted by atomic mass is 10.1. The fourth-order valence-corrected chi connectivity index (χ4v) is 2.41. The van der Waals surface area contributed by atoms with E-state index < -0.39 is 11.4 Å². The molecule has 0 radical (unpaired) electrons. The van der Waals surface area contributed by atoms with Gasteiger partial charge >= 0.3 is 5.97 Å². The number of aryl methyl sites for hydroxylation is 3. The molecule has 1 N–H and O–H groups in total. The molecule has 1 heterocycles. The third-order valence-electron chi connectivity index (χ3n) is 4.12. The minimum atomic E-state index is -0.748. The Kier molecular flexibility index (Phi) is 3.45. The normalized spacial score (nSPS) is 15.9. The maximum atomic E-state index is 11.3. The van der Waals surface area contributed by atoms with E-state index in [0.717, 1.165) is 12.2 Å². The Morgan fingerprint density at radius 3 is 2.62 bits per heavy atom. The zero-order chi connectivity index (χ0) is 14.9. The summed E-state index contributed by atoms with van der Waals surface area (Å²) in [5.41, 5.74) is 1.82. The van der Waals surface area contributed by atoms with Crippen LogP contribution < -0.4 is 0 Å². The van der Waals surface area contributed by atoms with Crippen LogP contribution in [0.25, 0.3) is 0 Å². The molecule has 0 unspecified atom stereocenters. The molecule has 1 saturated carbocycles. The fraction of sp³-hybridized carbons (Fsp3) is 0.467. The van der Waals surface area contributed by atoms with Crippen molar-refractivity contribution < 1.29 is 9.90 Å². The Bertz CT molecular complexity index is 644. The number of tetrazole rings is 1. The Labute approximate surface area is 122 Å². The minimum absolute atomic E-state index is 0.374. The summed E-state index contributed by atoms with van der Waals surface area (Å²) in [6.07, 6.45) is 2.98. The first-order valence-electron chi connectivity index (χ1n) is 7.13. The molecule has 0 amide bonds. The Morgan fingerprint density at radius 2 is 2.00 bits per heavy atom. The zero-order valence-electron chi connectivity index (χ0n) is 12.0. The topological polar surface area (TPSA) is 80.9 Å². The molecule has 1 aromatic carbocycles. The van der Waals surface area contributed by atoms with Gasteiger partial charge in [-0.25, -0.2) is 4.68 Å². The van der Waals surface area contributed by atoms with Crippen LogP contribution in [-0.2, 0) is 24.2 Å². The highest BCUT2D eigenvalue weighted by Crippen LogP contribution is 2.47. The standard InChI is InChI=1S/C15H18N4O2/c1-11-2-4-12(5-3-11)6-7-13-16-17-18-19(13)10-15(8-9-15)14(20)21/h2-5H,6-10H2,1H3,(H,20,21). The maximum absolute atomic E-state index is 11.3. The van der Waals surface area contributed by atoms with E-state index in [1.807, 2.05) is 0 Å². The predicted octanol–water partition coefficient (Wildman–Crippen LogP) is 1.63. The second kappa shape index (κ2) is 5.27. The zero-order valence-corrected chi connectivity index (χ0v) is 12.0. The van der Waals surface area contributed by atoms with Crippen molar-refractivity contribution in [1.29, 1.82) is 0 Å². The Hall–Kier alpha value is -2.24. The van der Waals surface area contributed by atoms with Crippen molar-refractivity contribution in [2.45, 2.75) is 39.2 Å². The predicted molar refractivity (Wildman–Crippen MR) is 75.7 cm³/mol. The summed E-state index contributed by atoms with van der Waals surface area (Å²) in [4.78, 5) is 11.3. The van der Waals surface area contributed by atoms with E-state index in [-0.39, 0.29) is 0 Å². The highest BCUT2D eigenvalue weighted by Gasteiger charge is 2.51. The van der Waals surface area contributed by atoms with E-state index in [1.54, 1.807) is 4.68 Å². The highest BCUT2D eigenvalue weighted by atomic mass is 16.4. The van der Waals surface area contributed by atoms with Crippen LogP contribution in [0.5, 0.6) is 0 Å². The van der Waals surface area contributed by atoms with Crippen LogP contribution in [0.3, 0.4) is 0 Å². The van der Waals surface area contributed by atoms with Gasteiger partial charge in [-0.15, -0.1) is 5.10 Å². The van der Waals surface area contributed by atoms with Crippen LogP contribution in [-0.4, -0.2) is 31.3 Å². The van der Waals surface area contributed by atoms with Gasteiger partial charge in [-0.2, -0.15) is 0 Å². The van der Waals surface area contributed by atoms with E-state index in [2.05, 4.69) is 46.7 Å². The molecule has 6 heteroatoms. The summed E-state index contributed by atoms with van der Waals surface area (Å²) in [7, 11) is 0. The van der Waals surface area contributed by atoms with Crippen LogP contribution >= 0.6 is 0 Å². The quantitative estimate of drug-likeness (QED) is 0.873. The summed E-state index contributed by atoms with van der Waals surface area (Å²) in [6, 6.07) is 8.37. The van der Waals surface area contributed by atoms with Crippen LogP contribution in [0.4, 0.5) is 0 Å². The Balaban J connectivity index is 1.66. The van der Waals surface area contributed by atoms with Gasteiger partial charge in [0.2, 0.25) is 0 Å². The molecule has 0 aliphatic heterocycles. The number of nitrogens with zero attached hydrogens (tertiary/aromatic N) is 4. The van der Waals surface area contributed by atoms with Gasteiger partial charge in [0, 0.05) is 6.42 Å². The number of carboxylic acid groups (broad SMARTS) is 1. The third kappa shape index (κ3) is 2.94. The third-order valence-corrected chi connectivity index (χ3v) is 4.12. The highest BCUT2D eigenvalue weighted by molar-refractivity contribution is 5.77. The number of aliphatic carboxylic acids is 1.